The highest BCUT2D eigenvalue weighted by molar-refractivity contribution is 6.30. The molecule has 3 rings (SSSR count). The highest BCUT2D eigenvalue weighted by Gasteiger charge is 2.14. The third kappa shape index (κ3) is 4.54. The van der Waals surface area contributed by atoms with E-state index in [1.165, 1.54) is 6.08 Å². The number of carbonyl (C=O) groups is 1. The zero-order valence-electron chi connectivity index (χ0n) is 14.0. The van der Waals surface area contributed by atoms with Crippen molar-refractivity contribution in [2.24, 2.45) is 0 Å². The van der Waals surface area contributed by atoms with E-state index in [1.54, 1.807) is 42.5 Å². The number of aliphatic hydroxyl groups excluding tert-OH is 1. The zero-order chi connectivity index (χ0) is 19.2. The number of aliphatic hydroxyl groups is 1. The lowest BCUT2D eigenvalue weighted by atomic mass is 10.2. The van der Waals surface area contributed by atoms with Gasteiger partial charge in [-0.2, -0.15) is 5.26 Å². The number of nitrogens with zero attached hydrogens (tertiary/aromatic N) is 2. The van der Waals surface area contributed by atoms with Gasteiger partial charge in [-0.3, -0.25) is 0 Å². The molecule has 7 heteroatoms. The minimum absolute atomic E-state index is 0.0854. The van der Waals surface area contributed by atoms with Crippen molar-refractivity contribution in [3.8, 4) is 6.07 Å². The second-order valence-corrected chi connectivity index (χ2v) is 5.97. The van der Waals surface area contributed by atoms with Crippen LogP contribution in [0.25, 0.3) is 22.7 Å². The average molecular weight is 380 g/mol. The molecule has 0 amide bonds. The molecule has 2 aromatic carbocycles. The molecule has 0 aliphatic carbocycles. The van der Waals surface area contributed by atoms with E-state index in [2.05, 4.69) is 9.97 Å². The maximum absolute atomic E-state index is 11.8. The lowest BCUT2D eigenvalue weighted by Crippen LogP contribution is -2.06. The number of ether oxygens (including phenoxy) is 1. The Hall–Kier alpha value is -3.56. The van der Waals surface area contributed by atoms with Crippen molar-refractivity contribution < 1.29 is 14.6 Å². The first kappa shape index (κ1) is 18.2. The van der Waals surface area contributed by atoms with Crippen molar-refractivity contribution in [2.75, 3.05) is 6.61 Å². The Kier molecular flexibility index (Phi) is 5.55. The number of allylic oxidation sites excluding steroid dienone is 1. The summed E-state index contributed by atoms with van der Waals surface area (Å²) in [5.74, 6) is -0.841. The Morgan fingerprint density at radius 2 is 2.11 bits per heavy atom. The Bertz CT molecular complexity index is 1060. The standard InChI is InChI=1S/C20H14ClN3O3/c21-14-5-3-4-13(10-14)8-9-19(26)27-12-18(25)15(11-22)20-23-16-6-1-2-7-17(16)24-20/h1-10,25H,12H2,(H,23,24)/b9-8+,18-15+. The zero-order valence-corrected chi connectivity index (χ0v) is 14.8. The second kappa shape index (κ2) is 8.21. The van der Waals surface area contributed by atoms with Gasteiger partial charge in [0.2, 0.25) is 0 Å². The number of halogens is 1. The lowest BCUT2D eigenvalue weighted by Gasteiger charge is -2.03. The molecule has 1 heterocycles. The summed E-state index contributed by atoms with van der Waals surface area (Å²) >= 11 is 5.87. The Balaban J connectivity index is 1.69. The van der Waals surface area contributed by atoms with Gasteiger partial charge in [-0.25, -0.2) is 9.78 Å². The summed E-state index contributed by atoms with van der Waals surface area (Å²) in [6.45, 7) is -0.446. The van der Waals surface area contributed by atoms with Crippen LogP contribution in [0.4, 0.5) is 0 Å². The monoisotopic (exact) mass is 379 g/mol. The van der Waals surface area contributed by atoms with Crippen molar-refractivity contribution in [2.45, 2.75) is 0 Å². The van der Waals surface area contributed by atoms with Crippen molar-refractivity contribution in [3.63, 3.8) is 0 Å². The third-order valence-electron chi connectivity index (χ3n) is 3.64. The quantitative estimate of drug-likeness (QED) is 0.298. The fourth-order valence-corrected chi connectivity index (χ4v) is 2.56. The highest BCUT2D eigenvalue weighted by Crippen LogP contribution is 2.19. The van der Waals surface area contributed by atoms with E-state index in [4.69, 9.17) is 16.3 Å². The molecule has 134 valence electrons. The molecule has 6 nitrogen and oxygen atoms in total. The number of fused-ring (bicyclic) bond motifs is 1. The van der Waals surface area contributed by atoms with Crippen LogP contribution in [0.2, 0.25) is 5.02 Å². The van der Waals surface area contributed by atoms with Gasteiger partial charge in [-0.05, 0) is 35.9 Å². The fraction of sp³-hybridized carbons (Fsp3) is 0.0500. The van der Waals surface area contributed by atoms with Gasteiger partial charge in [-0.1, -0.05) is 35.9 Å². The summed E-state index contributed by atoms with van der Waals surface area (Å²) in [6.07, 6.45) is 2.76. The maximum Gasteiger partial charge on any atom is 0.331 e. The van der Waals surface area contributed by atoms with Crippen LogP contribution in [0, 0.1) is 11.3 Å². The fourth-order valence-electron chi connectivity index (χ4n) is 2.36. The van der Waals surface area contributed by atoms with Gasteiger partial charge >= 0.3 is 5.97 Å². The molecule has 0 unspecified atom stereocenters. The normalized spacial score (nSPS) is 12.0. The van der Waals surface area contributed by atoms with Crippen LogP contribution in [0.1, 0.15) is 11.4 Å². The minimum Gasteiger partial charge on any atom is -0.507 e. The van der Waals surface area contributed by atoms with Crippen LogP contribution in [-0.4, -0.2) is 27.7 Å². The van der Waals surface area contributed by atoms with E-state index in [0.29, 0.717) is 10.5 Å². The number of esters is 1. The summed E-state index contributed by atoms with van der Waals surface area (Å²) in [6, 6.07) is 16.1. The van der Waals surface area contributed by atoms with E-state index >= 15 is 0 Å². The summed E-state index contributed by atoms with van der Waals surface area (Å²) in [4.78, 5) is 19.0. The number of rotatable bonds is 5. The molecule has 2 N–H and O–H groups in total. The number of hydrogen-bond acceptors (Lipinski definition) is 5. The summed E-state index contributed by atoms with van der Waals surface area (Å²) in [5, 5.41) is 20.0. The average Bonchev–Trinajstić information content (AvgIpc) is 3.09. The maximum atomic E-state index is 11.8. The number of carbonyl (C=O) groups excluding carboxylic acids is 1. The second-order valence-electron chi connectivity index (χ2n) is 5.53. The van der Waals surface area contributed by atoms with Gasteiger partial charge in [0.05, 0.1) is 11.0 Å². The first-order valence-corrected chi connectivity index (χ1v) is 8.32. The third-order valence-corrected chi connectivity index (χ3v) is 3.87. The van der Waals surface area contributed by atoms with Crippen LogP contribution in [0.15, 0.2) is 60.4 Å². The number of aromatic amines is 1. The van der Waals surface area contributed by atoms with Gasteiger partial charge in [-0.15, -0.1) is 0 Å². The van der Waals surface area contributed by atoms with Gasteiger partial charge in [0.1, 0.15) is 18.2 Å². The molecule has 0 bridgehead atoms. The van der Waals surface area contributed by atoms with Crippen LogP contribution in [-0.2, 0) is 9.53 Å². The van der Waals surface area contributed by atoms with Gasteiger partial charge in [0.15, 0.2) is 11.6 Å². The number of para-hydroxylation sites is 2. The first-order valence-electron chi connectivity index (χ1n) is 7.94. The molecule has 0 spiro atoms. The molecule has 0 aliphatic heterocycles. The SMILES string of the molecule is N#C/C(=C(\O)COC(=O)/C=C/c1cccc(Cl)c1)c1nc2ccccc2[nH]1. The predicted molar refractivity (Wildman–Crippen MR) is 103 cm³/mol. The van der Waals surface area contributed by atoms with Crippen molar-refractivity contribution in [1.29, 1.82) is 5.26 Å². The number of aromatic nitrogens is 2. The molecule has 0 saturated heterocycles. The van der Waals surface area contributed by atoms with E-state index in [0.717, 1.165) is 11.1 Å². The first-order chi connectivity index (χ1) is 13.1. The van der Waals surface area contributed by atoms with E-state index in [-0.39, 0.29) is 17.2 Å². The molecule has 0 fully saturated rings. The van der Waals surface area contributed by atoms with Crippen LogP contribution in [0.5, 0.6) is 0 Å². The lowest BCUT2D eigenvalue weighted by molar-refractivity contribution is -0.137. The Morgan fingerprint density at radius 3 is 2.85 bits per heavy atom. The Morgan fingerprint density at radius 1 is 1.30 bits per heavy atom. The van der Waals surface area contributed by atoms with Crippen LogP contribution in [0.3, 0.4) is 0 Å². The predicted octanol–water partition coefficient (Wildman–Crippen LogP) is 4.27. The number of benzene rings is 2. The van der Waals surface area contributed by atoms with Gasteiger partial charge in [0.25, 0.3) is 0 Å². The topological polar surface area (TPSA) is 99.0 Å². The van der Waals surface area contributed by atoms with E-state index in [1.807, 2.05) is 18.2 Å². The summed E-state index contributed by atoms with van der Waals surface area (Å²) in [5.41, 5.74) is 2.04. The molecule has 0 saturated carbocycles. The van der Waals surface area contributed by atoms with Crippen LogP contribution >= 0.6 is 11.6 Å². The van der Waals surface area contributed by atoms with Crippen LogP contribution < -0.4 is 0 Å². The molecule has 0 atom stereocenters. The van der Waals surface area contributed by atoms with Crippen molar-refractivity contribution in [3.05, 3.63) is 76.8 Å². The smallest absolute Gasteiger partial charge is 0.331 e. The van der Waals surface area contributed by atoms with Crippen molar-refractivity contribution in [1.82, 2.24) is 9.97 Å². The number of H-pyrrole nitrogens is 1. The summed E-state index contributed by atoms with van der Waals surface area (Å²) in [7, 11) is 0. The number of nitrogens with one attached hydrogen (secondary N) is 1. The number of hydrogen-bond donors (Lipinski definition) is 2. The molecular formula is C20H14ClN3O3. The van der Waals surface area contributed by atoms with E-state index in [9.17, 15) is 15.2 Å². The van der Waals surface area contributed by atoms with Gasteiger partial charge in [0, 0.05) is 11.1 Å². The molecule has 27 heavy (non-hydrogen) atoms. The van der Waals surface area contributed by atoms with E-state index < -0.39 is 12.6 Å². The number of nitriles is 1. The Labute approximate surface area is 160 Å². The molecular weight excluding hydrogens is 366 g/mol. The largest absolute Gasteiger partial charge is 0.507 e. The van der Waals surface area contributed by atoms with Crippen molar-refractivity contribution >= 4 is 40.3 Å². The minimum atomic E-state index is -0.663. The molecule has 0 aliphatic rings. The molecule has 3 aromatic rings. The highest BCUT2D eigenvalue weighted by atomic mass is 35.5. The number of imidazole rings is 1. The summed E-state index contributed by atoms with van der Waals surface area (Å²) < 4.78 is 4.97. The molecule has 0 radical (unpaired) electrons. The molecule has 1 aromatic heterocycles. The van der Waals surface area contributed by atoms with Gasteiger partial charge < -0.3 is 14.8 Å².